The molecule has 82 valence electrons. The summed E-state index contributed by atoms with van der Waals surface area (Å²) >= 11 is 0. The fraction of sp³-hybridized carbons (Fsp3) is 0.900. The number of nitrogens with two attached hydrogens (primary N) is 1. The van der Waals surface area contributed by atoms with Gasteiger partial charge in [0.05, 0.1) is 6.10 Å². The van der Waals surface area contributed by atoms with Crippen molar-refractivity contribution in [3.63, 3.8) is 0 Å². The molecular weight excluding hydrogens is 180 g/mol. The molecule has 1 aliphatic rings. The predicted octanol–water partition coefficient (Wildman–Crippen LogP) is 0.00250. The van der Waals surface area contributed by atoms with Crippen LogP contribution in [0.4, 0.5) is 0 Å². The molecule has 1 fully saturated rings. The van der Waals surface area contributed by atoms with Crippen LogP contribution < -0.4 is 11.1 Å². The second-order valence-corrected chi connectivity index (χ2v) is 3.95. The molecule has 0 bridgehead atoms. The van der Waals surface area contributed by atoms with Crippen LogP contribution in [0.2, 0.25) is 0 Å². The first-order valence-electron chi connectivity index (χ1n) is 5.39. The lowest BCUT2D eigenvalue weighted by Crippen LogP contribution is -2.32. The van der Waals surface area contributed by atoms with Crippen molar-refractivity contribution >= 4 is 5.91 Å². The lowest BCUT2D eigenvalue weighted by molar-refractivity contribution is -0.121. The smallest absolute Gasteiger partial charge is 0.220 e. The Morgan fingerprint density at radius 2 is 2.29 bits per heavy atom. The van der Waals surface area contributed by atoms with Crippen LogP contribution in [0, 0.1) is 5.92 Å². The van der Waals surface area contributed by atoms with Gasteiger partial charge in [0.1, 0.15) is 0 Å². The van der Waals surface area contributed by atoms with E-state index in [1.807, 2.05) is 0 Å². The zero-order chi connectivity index (χ0) is 10.4. The van der Waals surface area contributed by atoms with Crippen LogP contribution in [0.15, 0.2) is 0 Å². The van der Waals surface area contributed by atoms with Gasteiger partial charge < -0.3 is 16.2 Å². The van der Waals surface area contributed by atoms with Gasteiger partial charge in [-0.15, -0.1) is 0 Å². The molecule has 0 aliphatic heterocycles. The van der Waals surface area contributed by atoms with Crippen LogP contribution in [0.5, 0.6) is 0 Å². The first-order valence-corrected chi connectivity index (χ1v) is 5.39. The summed E-state index contributed by atoms with van der Waals surface area (Å²) in [5, 5.41) is 12.3. The third-order valence-corrected chi connectivity index (χ3v) is 2.79. The van der Waals surface area contributed by atoms with Crippen LogP contribution in [0.1, 0.15) is 32.1 Å². The normalized spacial score (nSPS) is 26.4. The van der Waals surface area contributed by atoms with E-state index in [9.17, 15) is 9.90 Å². The third kappa shape index (κ3) is 3.64. The topological polar surface area (TPSA) is 75.4 Å². The van der Waals surface area contributed by atoms with Gasteiger partial charge in [0.25, 0.3) is 0 Å². The summed E-state index contributed by atoms with van der Waals surface area (Å²) in [5.74, 6) is 0.311. The molecular formula is C10H20N2O2. The molecule has 0 aromatic heterocycles. The highest BCUT2D eigenvalue weighted by atomic mass is 16.3. The van der Waals surface area contributed by atoms with Crippen molar-refractivity contribution in [2.45, 2.75) is 38.2 Å². The number of hydrogen-bond acceptors (Lipinski definition) is 3. The Bertz CT molecular complexity index is 185. The maximum atomic E-state index is 11.2. The zero-order valence-electron chi connectivity index (χ0n) is 8.54. The van der Waals surface area contributed by atoms with E-state index in [4.69, 9.17) is 5.73 Å². The molecule has 14 heavy (non-hydrogen) atoms. The Morgan fingerprint density at radius 3 is 2.86 bits per heavy atom. The Morgan fingerprint density at radius 1 is 1.50 bits per heavy atom. The highest BCUT2D eigenvalue weighted by molar-refractivity contribution is 5.75. The van der Waals surface area contributed by atoms with Crippen LogP contribution >= 0.6 is 0 Å². The van der Waals surface area contributed by atoms with E-state index in [0.717, 1.165) is 25.7 Å². The van der Waals surface area contributed by atoms with Crippen LogP contribution in [0.25, 0.3) is 0 Å². The van der Waals surface area contributed by atoms with Gasteiger partial charge in [0.15, 0.2) is 0 Å². The van der Waals surface area contributed by atoms with Gasteiger partial charge in [-0.25, -0.2) is 0 Å². The molecule has 2 atom stereocenters. The minimum atomic E-state index is -0.218. The van der Waals surface area contributed by atoms with Gasteiger partial charge in [-0.2, -0.15) is 0 Å². The van der Waals surface area contributed by atoms with Crippen LogP contribution in [0.3, 0.4) is 0 Å². The van der Waals surface area contributed by atoms with Crippen molar-refractivity contribution in [3.05, 3.63) is 0 Å². The number of hydrogen-bond donors (Lipinski definition) is 3. The summed E-state index contributed by atoms with van der Waals surface area (Å²) in [7, 11) is 0. The molecule has 0 aromatic rings. The van der Waals surface area contributed by atoms with Crippen LogP contribution in [-0.2, 0) is 4.79 Å². The van der Waals surface area contributed by atoms with Crippen molar-refractivity contribution in [2.75, 3.05) is 13.1 Å². The van der Waals surface area contributed by atoms with Crippen molar-refractivity contribution in [1.82, 2.24) is 5.32 Å². The quantitative estimate of drug-likeness (QED) is 0.585. The fourth-order valence-electron chi connectivity index (χ4n) is 1.85. The molecule has 4 nitrogen and oxygen atoms in total. The fourth-order valence-corrected chi connectivity index (χ4v) is 1.85. The average molecular weight is 200 g/mol. The highest BCUT2D eigenvalue weighted by Crippen LogP contribution is 2.24. The largest absolute Gasteiger partial charge is 0.393 e. The summed E-state index contributed by atoms with van der Waals surface area (Å²) < 4.78 is 0. The number of aliphatic hydroxyl groups excluding tert-OH is 1. The molecule has 4 heteroatoms. The van der Waals surface area contributed by atoms with Gasteiger partial charge in [-0.3, -0.25) is 4.79 Å². The number of amides is 1. The molecule has 1 amide bonds. The number of rotatable bonds is 5. The van der Waals surface area contributed by atoms with E-state index >= 15 is 0 Å². The van der Waals surface area contributed by atoms with Gasteiger partial charge in [-0.05, 0) is 25.8 Å². The van der Waals surface area contributed by atoms with E-state index in [0.29, 0.717) is 19.5 Å². The van der Waals surface area contributed by atoms with Crippen molar-refractivity contribution in [2.24, 2.45) is 11.7 Å². The summed E-state index contributed by atoms with van der Waals surface area (Å²) in [6.45, 7) is 1.17. The monoisotopic (exact) mass is 200 g/mol. The van der Waals surface area contributed by atoms with E-state index in [-0.39, 0.29) is 17.9 Å². The van der Waals surface area contributed by atoms with Gasteiger partial charge in [0, 0.05) is 18.9 Å². The first kappa shape index (κ1) is 11.5. The van der Waals surface area contributed by atoms with Crippen molar-refractivity contribution < 1.29 is 9.90 Å². The van der Waals surface area contributed by atoms with E-state index in [1.165, 1.54) is 0 Å². The standard InChI is InChI=1S/C10H20N2O2/c11-6-2-5-10(14)12-7-8-3-1-4-9(8)13/h8-9,13H,1-7,11H2,(H,12,14). The van der Waals surface area contributed by atoms with E-state index in [1.54, 1.807) is 0 Å². The lowest BCUT2D eigenvalue weighted by atomic mass is 10.1. The lowest BCUT2D eigenvalue weighted by Gasteiger charge is -2.14. The molecule has 0 aromatic carbocycles. The van der Waals surface area contributed by atoms with E-state index in [2.05, 4.69) is 5.32 Å². The number of aliphatic hydroxyl groups is 1. The first-order chi connectivity index (χ1) is 6.74. The Kier molecular flexibility index (Phi) is 4.90. The Labute approximate surface area is 84.9 Å². The molecule has 0 heterocycles. The Balaban J connectivity index is 2.10. The number of carbonyl (C=O) groups excluding carboxylic acids is 1. The SMILES string of the molecule is NCCCC(=O)NCC1CCCC1O. The third-order valence-electron chi connectivity index (χ3n) is 2.79. The minimum Gasteiger partial charge on any atom is -0.393 e. The second-order valence-electron chi connectivity index (χ2n) is 3.95. The second kappa shape index (κ2) is 5.98. The summed E-state index contributed by atoms with van der Waals surface area (Å²) in [5.41, 5.74) is 5.30. The molecule has 1 aliphatic carbocycles. The summed E-state index contributed by atoms with van der Waals surface area (Å²) in [4.78, 5) is 11.2. The number of carbonyl (C=O) groups is 1. The molecule has 4 N–H and O–H groups in total. The van der Waals surface area contributed by atoms with Crippen molar-refractivity contribution in [3.8, 4) is 0 Å². The van der Waals surface area contributed by atoms with Crippen LogP contribution in [-0.4, -0.2) is 30.2 Å². The molecule has 1 rings (SSSR count). The van der Waals surface area contributed by atoms with E-state index < -0.39 is 0 Å². The summed E-state index contributed by atoms with van der Waals surface area (Å²) in [6.07, 6.45) is 4.00. The molecule has 0 radical (unpaired) electrons. The van der Waals surface area contributed by atoms with Gasteiger partial charge in [0.2, 0.25) is 5.91 Å². The van der Waals surface area contributed by atoms with Gasteiger partial charge in [-0.1, -0.05) is 6.42 Å². The zero-order valence-corrected chi connectivity index (χ0v) is 8.54. The number of nitrogens with one attached hydrogen (secondary N) is 1. The van der Waals surface area contributed by atoms with Gasteiger partial charge >= 0.3 is 0 Å². The highest BCUT2D eigenvalue weighted by Gasteiger charge is 2.25. The maximum Gasteiger partial charge on any atom is 0.220 e. The Hall–Kier alpha value is -0.610. The van der Waals surface area contributed by atoms with Crippen molar-refractivity contribution in [1.29, 1.82) is 0 Å². The predicted molar refractivity (Wildman–Crippen MR) is 54.6 cm³/mol. The summed E-state index contributed by atoms with van der Waals surface area (Å²) in [6, 6.07) is 0. The molecule has 1 saturated carbocycles. The minimum absolute atomic E-state index is 0.0505. The molecule has 0 spiro atoms. The maximum absolute atomic E-state index is 11.2. The average Bonchev–Trinajstić information content (AvgIpc) is 2.58. The molecule has 0 saturated heterocycles. The molecule has 2 unspecified atom stereocenters.